The van der Waals surface area contributed by atoms with Gasteiger partial charge in [-0.05, 0) is 13.8 Å². The van der Waals surface area contributed by atoms with Crippen molar-refractivity contribution in [2.75, 3.05) is 0 Å². The van der Waals surface area contributed by atoms with Gasteiger partial charge in [0.05, 0.1) is 6.42 Å². The Morgan fingerprint density at radius 2 is 1.33 bits per heavy atom. The molecule has 0 saturated heterocycles. The molecule has 0 rings (SSSR count). The highest BCUT2D eigenvalue weighted by Gasteiger charge is 2.24. The molecule has 0 aliphatic carbocycles. The van der Waals surface area contributed by atoms with Crippen molar-refractivity contribution in [3.05, 3.63) is 24.3 Å². The molecule has 9 nitrogen and oxygen atoms in total. The van der Waals surface area contributed by atoms with E-state index in [9.17, 15) is 19.2 Å². The Labute approximate surface area is 120 Å². The van der Waals surface area contributed by atoms with E-state index >= 15 is 0 Å². The van der Waals surface area contributed by atoms with Crippen LogP contribution in [0.25, 0.3) is 0 Å². The monoisotopic (exact) mass is 301 g/mol. The van der Waals surface area contributed by atoms with Gasteiger partial charge in [-0.3, -0.25) is 0 Å². The SMILES string of the molecule is C=C(C)C(=O)OOC(=O)CC(N)C(=O)OOC(=O)C(=C)C. The largest absolute Gasteiger partial charge is 0.381 e. The second-order valence-corrected chi connectivity index (χ2v) is 3.97. The molecule has 0 fully saturated rings. The van der Waals surface area contributed by atoms with Crippen molar-refractivity contribution in [1.29, 1.82) is 0 Å². The summed E-state index contributed by atoms with van der Waals surface area (Å²) in [6.45, 7) is 9.19. The van der Waals surface area contributed by atoms with Crippen molar-refractivity contribution in [1.82, 2.24) is 0 Å². The maximum atomic E-state index is 11.3. The summed E-state index contributed by atoms with van der Waals surface area (Å²) in [6, 6.07) is -1.47. The Morgan fingerprint density at radius 3 is 1.76 bits per heavy atom. The molecule has 0 aliphatic heterocycles. The first-order chi connectivity index (χ1) is 9.65. The standard InChI is InChI=1S/C12H15NO8/c1-6(2)10(15)19-18-9(14)5-8(13)12(17)21-20-11(16)7(3)4/h8H,1,3,5,13H2,2,4H3. The maximum absolute atomic E-state index is 11.3. The fraction of sp³-hybridized carbons (Fsp3) is 0.333. The molecule has 0 amide bonds. The van der Waals surface area contributed by atoms with Gasteiger partial charge in [-0.25, -0.2) is 38.7 Å². The van der Waals surface area contributed by atoms with E-state index in [2.05, 4.69) is 32.7 Å². The summed E-state index contributed by atoms with van der Waals surface area (Å²) in [5, 5.41) is 0. The van der Waals surface area contributed by atoms with Crippen LogP contribution >= 0.6 is 0 Å². The van der Waals surface area contributed by atoms with Crippen molar-refractivity contribution in [3.8, 4) is 0 Å². The summed E-state index contributed by atoms with van der Waals surface area (Å²) in [4.78, 5) is 60.7. The highest BCUT2D eigenvalue weighted by molar-refractivity contribution is 5.88. The van der Waals surface area contributed by atoms with Crippen molar-refractivity contribution < 1.29 is 38.7 Å². The first kappa shape index (κ1) is 18.3. The van der Waals surface area contributed by atoms with Crippen LogP contribution in [0.3, 0.4) is 0 Å². The zero-order valence-electron chi connectivity index (χ0n) is 11.5. The van der Waals surface area contributed by atoms with E-state index in [1.165, 1.54) is 13.8 Å². The van der Waals surface area contributed by atoms with Crippen LogP contribution in [0.2, 0.25) is 0 Å². The van der Waals surface area contributed by atoms with Crippen LogP contribution in [0.15, 0.2) is 24.3 Å². The van der Waals surface area contributed by atoms with Gasteiger partial charge in [-0.1, -0.05) is 13.2 Å². The summed E-state index contributed by atoms with van der Waals surface area (Å²) in [6.07, 6.45) is -0.660. The van der Waals surface area contributed by atoms with E-state index in [1.807, 2.05) is 0 Å². The number of hydrogen-bond acceptors (Lipinski definition) is 9. The van der Waals surface area contributed by atoms with E-state index in [1.54, 1.807) is 0 Å². The summed E-state index contributed by atoms with van der Waals surface area (Å²) in [5.74, 6) is -4.20. The van der Waals surface area contributed by atoms with Gasteiger partial charge in [0.1, 0.15) is 6.04 Å². The molecule has 0 saturated carbocycles. The zero-order valence-corrected chi connectivity index (χ0v) is 11.5. The third-order valence-corrected chi connectivity index (χ3v) is 1.80. The predicted molar refractivity (Wildman–Crippen MR) is 66.6 cm³/mol. The van der Waals surface area contributed by atoms with Crippen molar-refractivity contribution in [2.24, 2.45) is 5.73 Å². The van der Waals surface area contributed by atoms with Crippen LogP contribution in [0.4, 0.5) is 0 Å². The van der Waals surface area contributed by atoms with E-state index in [4.69, 9.17) is 5.73 Å². The Kier molecular flexibility index (Phi) is 7.40. The molecule has 0 heterocycles. The Hall–Kier alpha value is -2.68. The number of carbonyl (C=O) groups excluding carboxylic acids is 4. The summed E-state index contributed by atoms with van der Waals surface area (Å²) >= 11 is 0. The quantitative estimate of drug-likeness (QED) is 0.418. The van der Waals surface area contributed by atoms with Crippen LogP contribution in [0.5, 0.6) is 0 Å². The first-order valence-electron chi connectivity index (χ1n) is 5.56. The lowest BCUT2D eigenvalue weighted by Gasteiger charge is -2.08. The van der Waals surface area contributed by atoms with E-state index < -0.39 is 36.3 Å². The maximum Gasteiger partial charge on any atom is 0.381 e. The normalized spacial score (nSPS) is 10.8. The topological polar surface area (TPSA) is 131 Å². The minimum atomic E-state index is -1.47. The van der Waals surface area contributed by atoms with Gasteiger partial charge in [-0.15, -0.1) is 0 Å². The summed E-state index contributed by atoms with van der Waals surface area (Å²) < 4.78 is 0. The highest BCUT2D eigenvalue weighted by Crippen LogP contribution is 2.00. The molecule has 0 aliphatic rings. The number of carbonyl (C=O) groups is 4. The molecule has 1 atom stereocenters. The molecule has 116 valence electrons. The lowest BCUT2D eigenvalue weighted by Crippen LogP contribution is -2.35. The summed E-state index contributed by atoms with van der Waals surface area (Å²) in [5.41, 5.74) is 5.31. The second-order valence-electron chi connectivity index (χ2n) is 3.97. The smallest absolute Gasteiger partial charge is 0.318 e. The van der Waals surface area contributed by atoms with Crippen LogP contribution in [0, 0.1) is 0 Å². The molecular formula is C12H15NO8. The van der Waals surface area contributed by atoms with Crippen LogP contribution in [-0.2, 0) is 38.7 Å². The molecule has 0 spiro atoms. The van der Waals surface area contributed by atoms with Gasteiger partial charge in [0.2, 0.25) is 0 Å². The fourth-order valence-electron chi connectivity index (χ4n) is 0.664. The average molecular weight is 301 g/mol. The summed E-state index contributed by atoms with van der Waals surface area (Å²) in [7, 11) is 0. The van der Waals surface area contributed by atoms with Gasteiger partial charge in [0.15, 0.2) is 0 Å². The molecule has 9 heteroatoms. The minimum Gasteiger partial charge on any atom is -0.318 e. The van der Waals surface area contributed by atoms with E-state index in [0.717, 1.165) is 0 Å². The van der Waals surface area contributed by atoms with Gasteiger partial charge in [0, 0.05) is 11.1 Å². The fourth-order valence-corrected chi connectivity index (χ4v) is 0.664. The highest BCUT2D eigenvalue weighted by atomic mass is 17.2. The molecule has 0 radical (unpaired) electrons. The van der Waals surface area contributed by atoms with Crippen LogP contribution in [-0.4, -0.2) is 29.9 Å². The molecule has 1 unspecified atom stereocenters. The Bertz CT molecular complexity index is 482. The Morgan fingerprint density at radius 1 is 0.905 bits per heavy atom. The molecule has 0 bridgehead atoms. The van der Waals surface area contributed by atoms with Gasteiger partial charge in [0.25, 0.3) is 0 Å². The third-order valence-electron chi connectivity index (χ3n) is 1.80. The number of hydrogen-bond donors (Lipinski definition) is 1. The first-order valence-corrected chi connectivity index (χ1v) is 5.56. The minimum absolute atomic E-state index is 0.00230. The second kappa shape index (κ2) is 8.48. The zero-order chi connectivity index (χ0) is 16.6. The lowest BCUT2D eigenvalue weighted by atomic mass is 10.2. The van der Waals surface area contributed by atoms with E-state index in [-0.39, 0.29) is 11.1 Å². The predicted octanol–water partition coefficient (Wildman–Crippen LogP) is -0.141. The lowest BCUT2D eigenvalue weighted by molar-refractivity contribution is -0.261. The van der Waals surface area contributed by atoms with Crippen LogP contribution < -0.4 is 5.73 Å². The molecule has 2 N–H and O–H groups in total. The van der Waals surface area contributed by atoms with Gasteiger partial charge >= 0.3 is 23.9 Å². The molecule has 21 heavy (non-hydrogen) atoms. The van der Waals surface area contributed by atoms with Crippen molar-refractivity contribution in [3.63, 3.8) is 0 Å². The molecule has 0 aromatic rings. The molecule has 0 aromatic carbocycles. The van der Waals surface area contributed by atoms with E-state index in [0.29, 0.717) is 0 Å². The van der Waals surface area contributed by atoms with Gasteiger partial charge < -0.3 is 5.73 Å². The molecular weight excluding hydrogens is 286 g/mol. The number of rotatable bonds is 5. The van der Waals surface area contributed by atoms with Crippen LogP contribution in [0.1, 0.15) is 20.3 Å². The van der Waals surface area contributed by atoms with Crippen molar-refractivity contribution in [2.45, 2.75) is 26.3 Å². The van der Waals surface area contributed by atoms with Gasteiger partial charge in [-0.2, -0.15) is 0 Å². The Balaban J connectivity index is 4.14. The number of nitrogens with two attached hydrogens (primary N) is 1. The third kappa shape index (κ3) is 7.47. The average Bonchev–Trinajstić information content (AvgIpc) is 2.40. The molecule has 0 aromatic heterocycles. The van der Waals surface area contributed by atoms with Crippen molar-refractivity contribution >= 4 is 23.9 Å².